The molecule has 1 fully saturated rings. The molecule has 0 saturated carbocycles. The molecule has 1 amide bonds. The number of esters is 1. The van der Waals surface area contributed by atoms with Gasteiger partial charge in [0.05, 0.1) is 6.07 Å². The number of ether oxygens (including phenoxy) is 1. The van der Waals surface area contributed by atoms with Crippen LogP contribution in [0.1, 0.15) is 21.7 Å². The summed E-state index contributed by atoms with van der Waals surface area (Å²) in [6, 6.07) is 10.5. The molecule has 1 saturated heterocycles. The maximum absolute atomic E-state index is 12.2. The van der Waals surface area contributed by atoms with E-state index in [1.807, 2.05) is 6.07 Å². The number of amides is 1. The van der Waals surface area contributed by atoms with E-state index in [0.29, 0.717) is 13.1 Å². The quantitative estimate of drug-likeness (QED) is 0.424. The Balaban J connectivity index is 1.43. The lowest BCUT2D eigenvalue weighted by Gasteiger charge is -2.34. The first-order valence-electron chi connectivity index (χ1n) is 8.89. The first-order chi connectivity index (χ1) is 13.4. The van der Waals surface area contributed by atoms with Crippen LogP contribution in [-0.2, 0) is 16.1 Å². The Bertz CT molecular complexity index is 870. The van der Waals surface area contributed by atoms with Gasteiger partial charge in [-0.3, -0.25) is 19.8 Å². The van der Waals surface area contributed by atoms with Crippen molar-refractivity contribution in [1.29, 1.82) is 0 Å². The number of rotatable bonds is 6. The second-order valence-corrected chi connectivity index (χ2v) is 6.62. The fraction of sp³-hybridized carbons (Fsp3) is 0.368. The molecular weight excluding hydrogens is 366 g/mol. The Labute approximate surface area is 161 Å². The molecule has 0 N–H and O–H groups in total. The van der Waals surface area contributed by atoms with E-state index < -0.39 is 23.4 Å². The van der Waals surface area contributed by atoms with Gasteiger partial charge in [0.2, 0.25) is 5.76 Å². The smallest absolute Gasteiger partial charge is 0.433 e. The molecule has 2 aromatic rings. The van der Waals surface area contributed by atoms with Crippen molar-refractivity contribution in [3.05, 3.63) is 63.4 Å². The molecular formula is C19H21N3O6. The van der Waals surface area contributed by atoms with Gasteiger partial charge < -0.3 is 14.1 Å². The summed E-state index contributed by atoms with van der Waals surface area (Å²) in [7, 11) is 0. The van der Waals surface area contributed by atoms with Gasteiger partial charge in [-0.05, 0) is 18.6 Å². The molecule has 2 heterocycles. The predicted molar refractivity (Wildman–Crippen MR) is 98.7 cm³/mol. The molecule has 0 unspecified atom stereocenters. The minimum absolute atomic E-state index is 0.301. The van der Waals surface area contributed by atoms with Gasteiger partial charge >= 0.3 is 11.9 Å². The molecule has 9 heteroatoms. The minimum atomic E-state index is -0.903. The molecule has 28 heavy (non-hydrogen) atoms. The molecule has 148 valence electrons. The number of carbonyl (C=O) groups is 2. The third kappa shape index (κ3) is 4.95. The molecule has 0 radical (unpaired) electrons. The highest BCUT2D eigenvalue weighted by Crippen LogP contribution is 2.16. The molecule has 1 aliphatic heterocycles. The molecule has 0 spiro atoms. The number of carbonyl (C=O) groups excluding carboxylic acids is 2. The zero-order valence-electron chi connectivity index (χ0n) is 15.5. The highest BCUT2D eigenvalue weighted by atomic mass is 16.7. The van der Waals surface area contributed by atoms with Crippen LogP contribution in [0.4, 0.5) is 5.88 Å². The Hall–Kier alpha value is -3.20. The van der Waals surface area contributed by atoms with Gasteiger partial charge in [-0.25, -0.2) is 4.79 Å². The van der Waals surface area contributed by atoms with E-state index in [4.69, 9.17) is 9.15 Å². The predicted octanol–water partition coefficient (Wildman–Crippen LogP) is 2.00. The van der Waals surface area contributed by atoms with E-state index in [-0.39, 0.29) is 11.7 Å². The second kappa shape index (κ2) is 8.66. The van der Waals surface area contributed by atoms with Gasteiger partial charge in [0.25, 0.3) is 5.91 Å². The molecule has 0 bridgehead atoms. The number of hydrogen-bond donors (Lipinski definition) is 0. The molecule has 1 aliphatic rings. The molecule has 0 aliphatic carbocycles. The van der Waals surface area contributed by atoms with Crippen LogP contribution in [-0.4, -0.2) is 59.4 Å². The SMILES string of the molecule is Cc1cccc(CN2CCN(C(=O)COC(=O)c3ccc([N+](=O)[O-])o3)CC2)c1. The number of aryl methyl sites for hydroxylation is 1. The third-order valence-electron chi connectivity index (χ3n) is 4.51. The summed E-state index contributed by atoms with van der Waals surface area (Å²) in [5.74, 6) is -2.06. The average molecular weight is 387 g/mol. The van der Waals surface area contributed by atoms with Gasteiger partial charge in [-0.15, -0.1) is 0 Å². The summed E-state index contributed by atoms with van der Waals surface area (Å²) in [6.07, 6.45) is 0. The van der Waals surface area contributed by atoms with Crippen molar-refractivity contribution in [2.75, 3.05) is 32.8 Å². The zero-order chi connectivity index (χ0) is 20.1. The Kier molecular flexibility index (Phi) is 6.05. The van der Waals surface area contributed by atoms with Gasteiger partial charge in [0.1, 0.15) is 4.92 Å². The van der Waals surface area contributed by atoms with E-state index in [1.165, 1.54) is 11.1 Å². The molecule has 3 rings (SSSR count). The number of piperazine rings is 1. The maximum Gasteiger partial charge on any atom is 0.433 e. The Morgan fingerprint density at radius 1 is 1.18 bits per heavy atom. The molecule has 1 aromatic carbocycles. The first-order valence-corrected chi connectivity index (χ1v) is 8.89. The first kappa shape index (κ1) is 19.6. The van der Waals surface area contributed by atoms with Crippen LogP contribution in [0.5, 0.6) is 0 Å². The van der Waals surface area contributed by atoms with Gasteiger partial charge in [-0.1, -0.05) is 29.8 Å². The third-order valence-corrected chi connectivity index (χ3v) is 4.51. The number of nitro groups is 1. The standard InChI is InChI=1S/C19H21N3O6/c1-14-3-2-4-15(11-14)12-20-7-9-21(10-8-20)17(23)13-27-19(24)16-5-6-18(28-16)22(25)26/h2-6,11H,7-10,12-13H2,1H3. The monoisotopic (exact) mass is 387 g/mol. The van der Waals surface area contributed by atoms with Crippen molar-refractivity contribution in [3.63, 3.8) is 0 Å². The van der Waals surface area contributed by atoms with Crippen molar-refractivity contribution < 1.29 is 23.7 Å². The van der Waals surface area contributed by atoms with Crippen LogP contribution < -0.4 is 0 Å². The molecule has 1 aromatic heterocycles. The van der Waals surface area contributed by atoms with Crippen LogP contribution >= 0.6 is 0 Å². The summed E-state index contributed by atoms with van der Waals surface area (Å²) in [5.41, 5.74) is 2.45. The fourth-order valence-electron chi connectivity index (χ4n) is 3.05. The molecule has 9 nitrogen and oxygen atoms in total. The van der Waals surface area contributed by atoms with Crippen molar-refractivity contribution in [2.24, 2.45) is 0 Å². The normalized spacial score (nSPS) is 14.7. The van der Waals surface area contributed by atoms with E-state index in [2.05, 4.69) is 30.0 Å². The summed E-state index contributed by atoms with van der Waals surface area (Å²) in [5, 5.41) is 10.6. The summed E-state index contributed by atoms with van der Waals surface area (Å²) in [4.78, 5) is 37.8. The Morgan fingerprint density at radius 2 is 1.93 bits per heavy atom. The van der Waals surface area contributed by atoms with Gasteiger partial charge in [0.15, 0.2) is 6.61 Å². The number of benzene rings is 1. The summed E-state index contributed by atoms with van der Waals surface area (Å²) in [6.45, 7) is 5.03. The maximum atomic E-state index is 12.2. The van der Waals surface area contributed by atoms with Crippen LogP contribution in [0.25, 0.3) is 0 Å². The lowest BCUT2D eigenvalue weighted by atomic mass is 10.1. The van der Waals surface area contributed by atoms with E-state index in [9.17, 15) is 19.7 Å². The summed E-state index contributed by atoms with van der Waals surface area (Å²) < 4.78 is 9.67. The zero-order valence-corrected chi connectivity index (χ0v) is 15.5. The highest BCUT2D eigenvalue weighted by Gasteiger charge is 2.24. The lowest BCUT2D eigenvalue weighted by Crippen LogP contribution is -2.49. The Morgan fingerprint density at radius 3 is 2.57 bits per heavy atom. The number of hydrogen-bond acceptors (Lipinski definition) is 7. The number of furan rings is 1. The number of nitrogens with zero attached hydrogens (tertiary/aromatic N) is 3. The topological polar surface area (TPSA) is 106 Å². The van der Waals surface area contributed by atoms with Crippen LogP contribution in [0.15, 0.2) is 40.8 Å². The van der Waals surface area contributed by atoms with E-state index >= 15 is 0 Å². The van der Waals surface area contributed by atoms with E-state index in [0.717, 1.165) is 31.8 Å². The largest absolute Gasteiger partial charge is 0.450 e. The second-order valence-electron chi connectivity index (χ2n) is 6.62. The van der Waals surface area contributed by atoms with E-state index in [1.54, 1.807) is 4.90 Å². The minimum Gasteiger partial charge on any atom is -0.450 e. The van der Waals surface area contributed by atoms with Crippen molar-refractivity contribution in [1.82, 2.24) is 9.80 Å². The van der Waals surface area contributed by atoms with Crippen LogP contribution in [0, 0.1) is 17.0 Å². The van der Waals surface area contributed by atoms with Crippen molar-refractivity contribution in [3.8, 4) is 0 Å². The highest BCUT2D eigenvalue weighted by molar-refractivity contribution is 5.89. The van der Waals surface area contributed by atoms with Gasteiger partial charge in [-0.2, -0.15) is 0 Å². The van der Waals surface area contributed by atoms with Crippen LogP contribution in [0.3, 0.4) is 0 Å². The van der Waals surface area contributed by atoms with Crippen LogP contribution in [0.2, 0.25) is 0 Å². The fourth-order valence-corrected chi connectivity index (χ4v) is 3.05. The van der Waals surface area contributed by atoms with Gasteiger partial charge in [0, 0.05) is 32.7 Å². The van der Waals surface area contributed by atoms with Crippen molar-refractivity contribution >= 4 is 17.8 Å². The lowest BCUT2D eigenvalue weighted by molar-refractivity contribution is -0.402. The molecule has 0 atom stereocenters. The average Bonchev–Trinajstić information content (AvgIpc) is 3.17. The summed E-state index contributed by atoms with van der Waals surface area (Å²) >= 11 is 0. The van der Waals surface area contributed by atoms with Crippen molar-refractivity contribution in [2.45, 2.75) is 13.5 Å².